The van der Waals surface area contributed by atoms with Gasteiger partial charge in [0.15, 0.2) is 17.5 Å². The van der Waals surface area contributed by atoms with Gasteiger partial charge < -0.3 is 15.7 Å². The summed E-state index contributed by atoms with van der Waals surface area (Å²) in [6, 6.07) is 5.59. The lowest BCUT2D eigenvalue weighted by atomic mass is 9.96. The topological polar surface area (TPSA) is 123 Å². The molecule has 1 aliphatic carbocycles. The van der Waals surface area contributed by atoms with Gasteiger partial charge in [-0.2, -0.15) is 4.68 Å². The van der Waals surface area contributed by atoms with E-state index in [0.717, 1.165) is 29.2 Å². The van der Waals surface area contributed by atoms with Gasteiger partial charge in [-0.1, -0.05) is 6.07 Å². The van der Waals surface area contributed by atoms with Crippen molar-refractivity contribution in [3.05, 3.63) is 47.7 Å². The van der Waals surface area contributed by atoms with E-state index in [2.05, 4.69) is 20.5 Å². The molecule has 11 heteroatoms. The van der Waals surface area contributed by atoms with Crippen LogP contribution in [0.25, 0.3) is 17.1 Å². The molecule has 9 nitrogen and oxygen atoms in total. The van der Waals surface area contributed by atoms with Crippen LogP contribution in [0.2, 0.25) is 0 Å². The summed E-state index contributed by atoms with van der Waals surface area (Å²) in [6.07, 6.45) is 2.53. The number of nitrogens with two attached hydrogens (primary N) is 1. The Kier molecular flexibility index (Phi) is 4.53. The van der Waals surface area contributed by atoms with Gasteiger partial charge in [0, 0.05) is 19.3 Å². The van der Waals surface area contributed by atoms with E-state index in [-0.39, 0.29) is 23.2 Å². The number of benzene rings is 1. The van der Waals surface area contributed by atoms with Gasteiger partial charge in [0.2, 0.25) is 0 Å². The summed E-state index contributed by atoms with van der Waals surface area (Å²) >= 11 is 0. The summed E-state index contributed by atoms with van der Waals surface area (Å²) in [4.78, 5) is 17.0. The SMILES string of the molecule is Nc1ncc(C2CC3CN(C(=O)O)CC3C2)cc1-c1nnnn1-c1cccc(F)c1F. The molecule has 2 aliphatic rings. The lowest BCUT2D eigenvalue weighted by Crippen LogP contribution is -2.27. The van der Waals surface area contributed by atoms with Crippen molar-refractivity contribution in [3.63, 3.8) is 0 Å². The van der Waals surface area contributed by atoms with Crippen LogP contribution in [0.3, 0.4) is 0 Å². The molecule has 5 rings (SSSR count). The predicted molar refractivity (Wildman–Crippen MR) is 105 cm³/mol. The van der Waals surface area contributed by atoms with Crippen molar-refractivity contribution in [2.45, 2.75) is 18.8 Å². The highest BCUT2D eigenvalue weighted by Gasteiger charge is 2.43. The number of nitrogens with zero attached hydrogens (tertiary/aromatic N) is 6. The van der Waals surface area contributed by atoms with E-state index in [1.165, 1.54) is 17.0 Å². The first-order valence-electron chi connectivity index (χ1n) is 9.88. The third-order valence-electron chi connectivity index (χ3n) is 6.30. The number of pyridine rings is 1. The minimum atomic E-state index is -1.06. The monoisotopic (exact) mass is 427 g/mol. The number of aromatic nitrogens is 5. The maximum absolute atomic E-state index is 14.3. The Hall–Kier alpha value is -3.63. The van der Waals surface area contributed by atoms with Crippen LogP contribution in [0, 0.1) is 23.5 Å². The number of carboxylic acid groups (broad SMARTS) is 1. The first kappa shape index (κ1) is 19.3. The number of hydrogen-bond donors (Lipinski definition) is 2. The molecular formula is C20H19F2N7O2. The summed E-state index contributed by atoms with van der Waals surface area (Å²) in [5.74, 6) is -0.911. The van der Waals surface area contributed by atoms with E-state index < -0.39 is 17.7 Å². The fraction of sp³-hybridized carbons (Fsp3) is 0.350. The van der Waals surface area contributed by atoms with Gasteiger partial charge in [0.25, 0.3) is 0 Å². The average molecular weight is 427 g/mol. The van der Waals surface area contributed by atoms with Gasteiger partial charge in [-0.25, -0.2) is 18.6 Å². The first-order chi connectivity index (χ1) is 14.9. The highest BCUT2D eigenvalue weighted by molar-refractivity contribution is 5.70. The molecule has 1 saturated carbocycles. The van der Waals surface area contributed by atoms with Gasteiger partial charge in [0.05, 0.1) is 5.56 Å². The number of nitrogen functional groups attached to an aromatic ring is 1. The summed E-state index contributed by atoms with van der Waals surface area (Å²) in [5.41, 5.74) is 7.31. The zero-order valence-electron chi connectivity index (χ0n) is 16.3. The van der Waals surface area contributed by atoms with E-state index in [0.29, 0.717) is 30.5 Å². The highest BCUT2D eigenvalue weighted by atomic mass is 19.2. The standard InChI is InChI=1S/C20H19F2N7O2/c21-15-2-1-3-16(17(15)22)29-19(25-26-27-29)14-6-11(7-24-18(14)23)10-4-12-8-28(20(30)31)9-13(12)5-10/h1-3,6-7,10,12-13H,4-5,8-9H2,(H2,23,24)(H,30,31). The fourth-order valence-corrected chi connectivity index (χ4v) is 4.80. The van der Waals surface area contributed by atoms with Gasteiger partial charge in [-0.05, 0) is 64.8 Å². The quantitative estimate of drug-likeness (QED) is 0.659. The van der Waals surface area contributed by atoms with E-state index in [9.17, 15) is 18.7 Å². The summed E-state index contributed by atoms with van der Waals surface area (Å²) in [5, 5.41) is 20.6. The fourth-order valence-electron chi connectivity index (χ4n) is 4.80. The molecule has 2 fully saturated rings. The van der Waals surface area contributed by atoms with Crippen LogP contribution in [-0.2, 0) is 0 Å². The lowest BCUT2D eigenvalue weighted by molar-refractivity contribution is 0.152. The van der Waals surface area contributed by atoms with Crippen LogP contribution in [-0.4, -0.2) is 54.4 Å². The summed E-state index contributed by atoms with van der Waals surface area (Å²) < 4.78 is 29.1. The Morgan fingerprint density at radius 3 is 2.65 bits per heavy atom. The van der Waals surface area contributed by atoms with E-state index in [1.807, 2.05) is 6.07 Å². The number of halogens is 2. The highest BCUT2D eigenvalue weighted by Crippen LogP contribution is 2.46. The number of likely N-dealkylation sites (tertiary alicyclic amines) is 1. The molecule has 160 valence electrons. The third kappa shape index (κ3) is 3.25. The molecule has 3 aromatic rings. The first-order valence-corrected chi connectivity index (χ1v) is 9.88. The summed E-state index contributed by atoms with van der Waals surface area (Å²) in [6.45, 7) is 1.09. The van der Waals surface area contributed by atoms with Gasteiger partial charge in [0.1, 0.15) is 11.5 Å². The van der Waals surface area contributed by atoms with Crippen molar-refractivity contribution in [2.24, 2.45) is 11.8 Å². The number of carbonyl (C=O) groups is 1. The normalized spacial score (nSPS) is 22.6. The van der Waals surface area contributed by atoms with Crippen LogP contribution >= 0.6 is 0 Å². The second kappa shape index (κ2) is 7.25. The maximum Gasteiger partial charge on any atom is 0.407 e. The minimum Gasteiger partial charge on any atom is -0.465 e. The Bertz CT molecular complexity index is 1150. The number of amides is 1. The van der Waals surface area contributed by atoms with E-state index in [4.69, 9.17) is 5.73 Å². The molecule has 2 atom stereocenters. The van der Waals surface area contributed by atoms with E-state index in [1.54, 1.807) is 6.20 Å². The number of anilines is 1. The van der Waals surface area contributed by atoms with Crippen molar-refractivity contribution in [1.82, 2.24) is 30.1 Å². The van der Waals surface area contributed by atoms with Gasteiger partial charge in [-0.15, -0.1) is 5.10 Å². The van der Waals surface area contributed by atoms with E-state index >= 15 is 0 Å². The summed E-state index contributed by atoms with van der Waals surface area (Å²) in [7, 11) is 0. The zero-order chi connectivity index (χ0) is 21.7. The molecule has 1 aromatic carbocycles. The Morgan fingerprint density at radius 1 is 1.19 bits per heavy atom. The maximum atomic E-state index is 14.3. The van der Waals surface area contributed by atoms with Crippen LogP contribution in [0.5, 0.6) is 0 Å². The largest absolute Gasteiger partial charge is 0.465 e. The Balaban J connectivity index is 1.46. The van der Waals surface area contributed by atoms with Crippen molar-refractivity contribution in [2.75, 3.05) is 18.8 Å². The molecular weight excluding hydrogens is 408 g/mol. The van der Waals surface area contributed by atoms with Crippen LogP contribution < -0.4 is 5.73 Å². The molecule has 1 aliphatic heterocycles. The lowest BCUT2D eigenvalue weighted by Gasteiger charge is -2.17. The average Bonchev–Trinajstić information content (AvgIpc) is 3.45. The molecule has 3 N–H and O–H groups in total. The molecule has 1 saturated heterocycles. The molecule has 0 radical (unpaired) electrons. The van der Waals surface area contributed by atoms with Crippen LogP contribution in [0.1, 0.15) is 24.3 Å². The second-order valence-electron chi connectivity index (χ2n) is 8.06. The van der Waals surface area contributed by atoms with Crippen molar-refractivity contribution < 1.29 is 18.7 Å². The van der Waals surface area contributed by atoms with Gasteiger partial charge in [-0.3, -0.25) is 0 Å². The van der Waals surface area contributed by atoms with Crippen molar-refractivity contribution >= 4 is 11.9 Å². The van der Waals surface area contributed by atoms with Crippen LogP contribution in [0.15, 0.2) is 30.5 Å². The Morgan fingerprint density at radius 2 is 1.94 bits per heavy atom. The molecule has 0 bridgehead atoms. The smallest absolute Gasteiger partial charge is 0.407 e. The van der Waals surface area contributed by atoms with Crippen LogP contribution in [0.4, 0.5) is 19.4 Å². The minimum absolute atomic E-state index is 0.131. The number of hydrogen-bond acceptors (Lipinski definition) is 6. The molecule has 1 amide bonds. The predicted octanol–water partition coefficient (Wildman–Crippen LogP) is 2.69. The molecule has 31 heavy (non-hydrogen) atoms. The third-order valence-corrected chi connectivity index (χ3v) is 6.30. The van der Waals surface area contributed by atoms with Crippen molar-refractivity contribution in [1.29, 1.82) is 0 Å². The number of tetrazole rings is 1. The molecule has 2 unspecified atom stereocenters. The molecule has 2 aromatic heterocycles. The second-order valence-corrected chi connectivity index (χ2v) is 8.06. The molecule has 3 heterocycles. The molecule has 0 spiro atoms. The number of fused-ring (bicyclic) bond motifs is 1. The zero-order valence-corrected chi connectivity index (χ0v) is 16.3. The number of rotatable bonds is 3. The Labute approximate surface area is 175 Å². The van der Waals surface area contributed by atoms with Gasteiger partial charge >= 0.3 is 6.09 Å². The van der Waals surface area contributed by atoms with Crippen molar-refractivity contribution in [3.8, 4) is 17.1 Å².